The number of halogens is 5. The third-order valence-electron chi connectivity index (χ3n) is 6.52. The maximum absolute atomic E-state index is 12.9. The van der Waals surface area contributed by atoms with Crippen LogP contribution in [0.25, 0.3) is 11.2 Å². The van der Waals surface area contributed by atoms with Crippen molar-refractivity contribution in [3.63, 3.8) is 0 Å². The molecule has 0 N–H and O–H groups in total. The van der Waals surface area contributed by atoms with Crippen molar-refractivity contribution in [3.05, 3.63) is 36.2 Å². The van der Waals surface area contributed by atoms with Gasteiger partial charge in [0, 0.05) is 37.7 Å². The van der Waals surface area contributed by atoms with Crippen LogP contribution in [0, 0.1) is 5.41 Å². The first kappa shape index (κ1) is 23.3. The predicted octanol–water partition coefficient (Wildman–Crippen LogP) is 2.92. The van der Waals surface area contributed by atoms with E-state index in [1.807, 2.05) is 4.90 Å². The second kappa shape index (κ2) is 8.64. The minimum atomic E-state index is -4.65. The highest BCUT2D eigenvalue weighted by atomic mass is 19.4. The van der Waals surface area contributed by atoms with Crippen molar-refractivity contribution < 1.29 is 26.7 Å². The first-order valence-electron chi connectivity index (χ1n) is 11.0. The van der Waals surface area contributed by atoms with Gasteiger partial charge in [0.05, 0.1) is 24.6 Å². The van der Waals surface area contributed by atoms with Crippen molar-refractivity contribution in [1.29, 1.82) is 0 Å². The van der Waals surface area contributed by atoms with Crippen LogP contribution in [0.1, 0.15) is 30.8 Å². The van der Waals surface area contributed by atoms with E-state index in [0.717, 1.165) is 10.9 Å². The normalized spacial score (nSPS) is 18.4. The van der Waals surface area contributed by atoms with Gasteiger partial charge in [-0.1, -0.05) is 0 Å². The Bertz CT molecular complexity index is 1240. The zero-order valence-corrected chi connectivity index (χ0v) is 18.4. The monoisotopic (exact) mass is 496 g/mol. The van der Waals surface area contributed by atoms with Crippen LogP contribution in [0.15, 0.2) is 24.7 Å². The molecule has 3 aromatic rings. The van der Waals surface area contributed by atoms with E-state index in [-0.39, 0.29) is 29.2 Å². The number of carbonyl (C=O) groups is 1. The third kappa shape index (κ3) is 4.73. The summed E-state index contributed by atoms with van der Waals surface area (Å²) in [7, 11) is 0. The molecule has 5 heterocycles. The molecular weight excluding hydrogens is 475 g/mol. The molecule has 14 heteroatoms. The van der Waals surface area contributed by atoms with E-state index in [1.165, 1.54) is 12.3 Å². The van der Waals surface area contributed by atoms with Gasteiger partial charge in [-0.05, 0) is 18.9 Å². The Hall–Kier alpha value is -3.45. The van der Waals surface area contributed by atoms with Crippen LogP contribution >= 0.6 is 0 Å². The van der Waals surface area contributed by atoms with Crippen LogP contribution in [-0.4, -0.2) is 66.6 Å². The van der Waals surface area contributed by atoms with Gasteiger partial charge in [0.1, 0.15) is 17.9 Å². The summed E-state index contributed by atoms with van der Waals surface area (Å²) >= 11 is 0. The van der Waals surface area contributed by atoms with Crippen molar-refractivity contribution >= 4 is 22.9 Å². The number of fused-ring (bicyclic) bond motifs is 1. The Morgan fingerprint density at radius 1 is 1.09 bits per heavy atom. The molecule has 0 aliphatic carbocycles. The van der Waals surface area contributed by atoms with Crippen molar-refractivity contribution in [1.82, 2.24) is 34.6 Å². The minimum absolute atomic E-state index is 0.00777. The van der Waals surface area contributed by atoms with Crippen molar-refractivity contribution in [2.24, 2.45) is 5.41 Å². The molecule has 9 nitrogen and oxygen atoms in total. The summed E-state index contributed by atoms with van der Waals surface area (Å²) in [4.78, 5) is 31.8. The summed E-state index contributed by atoms with van der Waals surface area (Å²) in [5.74, 6) is -0.800. The highest BCUT2D eigenvalue weighted by Crippen LogP contribution is 2.42. The molecule has 2 saturated heterocycles. The Labute approximate surface area is 196 Å². The number of anilines is 1. The molecule has 35 heavy (non-hydrogen) atoms. The number of aromatic nitrogens is 6. The lowest BCUT2D eigenvalue weighted by Crippen LogP contribution is -2.42. The number of alkyl halides is 5. The SMILES string of the molecule is O=C1CC2(CCN(c3cnc4cnn(CC(F)F)c4n3)CC2)CN1Cc1ccnc(C(F)(F)F)n1. The smallest absolute Gasteiger partial charge is 0.355 e. The lowest BCUT2D eigenvalue weighted by molar-refractivity contribution is -0.145. The fraction of sp³-hybridized carbons (Fsp3) is 0.524. The number of nitrogens with zero attached hydrogens (tertiary/aromatic N) is 8. The molecule has 186 valence electrons. The van der Waals surface area contributed by atoms with Crippen molar-refractivity contribution in [2.75, 3.05) is 24.5 Å². The maximum atomic E-state index is 12.9. The molecule has 1 amide bonds. The molecule has 0 saturated carbocycles. The molecule has 0 radical (unpaired) electrons. The predicted molar refractivity (Wildman–Crippen MR) is 112 cm³/mol. The van der Waals surface area contributed by atoms with Gasteiger partial charge in [-0.25, -0.2) is 33.4 Å². The van der Waals surface area contributed by atoms with Crippen LogP contribution in [-0.2, 0) is 24.1 Å². The molecule has 2 aliphatic heterocycles. The van der Waals surface area contributed by atoms with E-state index in [0.29, 0.717) is 50.2 Å². The quantitative estimate of drug-likeness (QED) is 0.502. The van der Waals surface area contributed by atoms with Gasteiger partial charge in [-0.15, -0.1) is 0 Å². The molecule has 5 rings (SSSR count). The number of hydrogen-bond donors (Lipinski definition) is 0. The molecule has 0 atom stereocenters. The van der Waals surface area contributed by atoms with Crippen LogP contribution in [0.4, 0.5) is 27.8 Å². The highest BCUT2D eigenvalue weighted by molar-refractivity contribution is 5.79. The molecule has 2 fully saturated rings. The summed E-state index contributed by atoms with van der Waals surface area (Å²) in [6.07, 6.45) is -1.55. The molecule has 1 spiro atoms. The van der Waals surface area contributed by atoms with Crippen molar-refractivity contribution in [2.45, 2.75) is 45.0 Å². The molecule has 2 aliphatic rings. The number of hydrogen-bond acceptors (Lipinski definition) is 7. The van der Waals surface area contributed by atoms with E-state index in [1.54, 1.807) is 11.1 Å². The lowest BCUT2D eigenvalue weighted by Gasteiger charge is -2.39. The zero-order valence-electron chi connectivity index (χ0n) is 18.4. The van der Waals surface area contributed by atoms with Crippen LogP contribution in [0.2, 0.25) is 0 Å². The number of carbonyl (C=O) groups excluding carboxylic acids is 1. The topological polar surface area (TPSA) is 92.9 Å². The Balaban J connectivity index is 1.25. The van der Waals surface area contributed by atoms with E-state index < -0.39 is 25.0 Å². The molecule has 0 unspecified atom stereocenters. The van der Waals surface area contributed by atoms with Gasteiger partial charge in [-0.3, -0.25) is 4.79 Å². The van der Waals surface area contributed by atoms with Gasteiger partial charge >= 0.3 is 6.18 Å². The lowest BCUT2D eigenvalue weighted by atomic mass is 9.77. The number of piperidine rings is 1. The summed E-state index contributed by atoms with van der Waals surface area (Å²) < 4.78 is 65.5. The van der Waals surface area contributed by atoms with Crippen LogP contribution in [0.5, 0.6) is 0 Å². The largest absolute Gasteiger partial charge is 0.451 e. The summed E-state index contributed by atoms with van der Waals surface area (Å²) in [5.41, 5.74) is 0.563. The summed E-state index contributed by atoms with van der Waals surface area (Å²) in [6, 6.07) is 1.38. The number of rotatable bonds is 5. The van der Waals surface area contributed by atoms with E-state index in [4.69, 9.17) is 0 Å². The summed E-state index contributed by atoms with van der Waals surface area (Å²) in [6.45, 7) is 1.01. The van der Waals surface area contributed by atoms with Gasteiger partial charge in [-0.2, -0.15) is 18.3 Å². The van der Waals surface area contributed by atoms with Crippen LogP contribution in [0.3, 0.4) is 0 Å². The van der Waals surface area contributed by atoms with Gasteiger partial charge in [0.25, 0.3) is 6.43 Å². The van der Waals surface area contributed by atoms with E-state index in [9.17, 15) is 26.7 Å². The molecule has 3 aromatic heterocycles. The zero-order chi connectivity index (χ0) is 24.8. The average molecular weight is 496 g/mol. The minimum Gasteiger partial charge on any atom is -0.355 e. The maximum Gasteiger partial charge on any atom is 0.451 e. The third-order valence-corrected chi connectivity index (χ3v) is 6.52. The number of amides is 1. The Morgan fingerprint density at radius 3 is 2.57 bits per heavy atom. The first-order chi connectivity index (χ1) is 16.6. The number of likely N-dealkylation sites (tertiary alicyclic amines) is 1. The summed E-state index contributed by atoms with van der Waals surface area (Å²) in [5, 5.41) is 3.93. The van der Waals surface area contributed by atoms with Crippen LogP contribution < -0.4 is 4.90 Å². The highest BCUT2D eigenvalue weighted by Gasteiger charge is 2.45. The van der Waals surface area contributed by atoms with Gasteiger partial charge in [0.2, 0.25) is 11.7 Å². The van der Waals surface area contributed by atoms with Gasteiger partial charge < -0.3 is 9.80 Å². The van der Waals surface area contributed by atoms with Gasteiger partial charge in [0.15, 0.2) is 5.65 Å². The Kier molecular flexibility index (Phi) is 5.75. The van der Waals surface area contributed by atoms with Crippen molar-refractivity contribution in [3.8, 4) is 0 Å². The van der Waals surface area contributed by atoms with E-state index in [2.05, 4.69) is 25.0 Å². The average Bonchev–Trinajstić information content (AvgIpc) is 3.33. The fourth-order valence-corrected chi connectivity index (χ4v) is 4.74. The Morgan fingerprint density at radius 2 is 1.86 bits per heavy atom. The van der Waals surface area contributed by atoms with E-state index >= 15 is 0 Å². The molecule has 0 bridgehead atoms. The molecular formula is C21H21F5N8O. The fourth-order valence-electron chi connectivity index (χ4n) is 4.74. The molecule has 0 aromatic carbocycles. The first-order valence-corrected chi connectivity index (χ1v) is 11.0. The standard InChI is InChI=1S/C21H21F5N8O/c22-15(23)11-34-18-14(8-29-34)28-9-16(31-18)32-5-2-20(3-6-32)7-17(35)33(12-20)10-13-1-4-27-19(30-13)21(24,25)26/h1,4,8-9,15H,2-3,5-7,10-12H2. The second-order valence-corrected chi connectivity index (χ2v) is 8.94. The second-order valence-electron chi connectivity index (χ2n) is 8.94.